The van der Waals surface area contributed by atoms with Crippen molar-refractivity contribution < 1.29 is 4.74 Å². The van der Waals surface area contributed by atoms with Crippen LogP contribution in [0.2, 0.25) is 0 Å². The molecule has 3 nitrogen and oxygen atoms in total. The average molecular weight is 228 g/mol. The quantitative estimate of drug-likeness (QED) is 0.685. The third-order valence-corrected chi connectivity index (χ3v) is 3.44. The summed E-state index contributed by atoms with van der Waals surface area (Å²) in [6, 6.07) is 0.610. The van der Waals surface area contributed by atoms with E-state index < -0.39 is 0 Å². The van der Waals surface area contributed by atoms with E-state index in [0.717, 1.165) is 26.3 Å². The van der Waals surface area contributed by atoms with Gasteiger partial charge < -0.3 is 15.0 Å². The molecule has 1 fully saturated rings. The van der Waals surface area contributed by atoms with Gasteiger partial charge in [0, 0.05) is 25.1 Å². The van der Waals surface area contributed by atoms with Gasteiger partial charge in [0.2, 0.25) is 0 Å². The topological polar surface area (TPSA) is 24.5 Å². The van der Waals surface area contributed by atoms with E-state index in [-0.39, 0.29) is 0 Å². The van der Waals surface area contributed by atoms with E-state index in [2.05, 4.69) is 31.0 Å². The van der Waals surface area contributed by atoms with E-state index in [0.29, 0.717) is 12.0 Å². The molecule has 1 heterocycles. The first-order chi connectivity index (χ1) is 7.81. The summed E-state index contributed by atoms with van der Waals surface area (Å²) in [6.45, 7) is 13.2. The minimum atomic E-state index is 0.610. The minimum Gasteiger partial charge on any atom is -0.381 e. The van der Waals surface area contributed by atoms with Gasteiger partial charge >= 0.3 is 0 Å². The van der Waals surface area contributed by atoms with Crippen molar-refractivity contribution in [3.8, 4) is 0 Å². The Morgan fingerprint density at radius 1 is 1.38 bits per heavy atom. The molecule has 0 amide bonds. The second-order valence-electron chi connectivity index (χ2n) is 4.68. The molecule has 1 rings (SSSR count). The smallest absolute Gasteiger partial charge is 0.0510 e. The fraction of sp³-hybridized carbons (Fsp3) is 1.00. The predicted octanol–water partition coefficient (Wildman–Crippen LogP) is 1.73. The third kappa shape index (κ3) is 4.40. The molecule has 0 bridgehead atoms. The largest absolute Gasteiger partial charge is 0.381 e. The second-order valence-corrected chi connectivity index (χ2v) is 4.68. The lowest BCUT2D eigenvalue weighted by atomic mass is 9.98. The number of ether oxygens (including phenoxy) is 1. The highest BCUT2D eigenvalue weighted by Gasteiger charge is 2.26. The number of likely N-dealkylation sites (N-methyl/N-ethyl adjacent to an activating group) is 2. The van der Waals surface area contributed by atoms with E-state index in [9.17, 15) is 0 Å². The summed E-state index contributed by atoms with van der Waals surface area (Å²) in [4.78, 5) is 2.55. The monoisotopic (exact) mass is 228 g/mol. The van der Waals surface area contributed by atoms with Crippen molar-refractivity contribution in [1.29, 1.82) is 0 Å². The number of nitrogens with zero attached hydrogens (tertiary/aromatic N) is 1. The van der Waals surface area contributed by atoms with E-state index in [1.165, 1.54) is 25.9 Å². The fourth-order valence-corrected chi connectivity index (χ4v) is 2.49. The maximum Gasteiger partial charge on any atom is 0.0510 e. The Balaban J connectivity index is 2.41. The van der Waals surface area contributed by atoms with Gasteiger partial charge in [0.05, 0.1) is 6.61 Å². The van der Waals surface area contributed by atoms with Crippen LogP contribution >= 0.6 is 0 Å². The van der Waals surface area contributed by atoms with Crippen LogP contribution < -0.4 is 5.32 Å². The van der Waals surface area contributed by atoms with Crippen LogP contribution in [0.1, 0.15) is 33.6 Å². The molecule has 3 heteroatoms. The van der Waals surface area contributed by atoms with Crippen LogP contribution in [-0.2, 0) is 4.74 Å². The van der Waals surface area contributed by atoms with E-state index >= 15 is 0 Å². The lowest BCUT2D eigenvalue weighted by Crippen LogP contribution is -2.46. The summed E-state index contributed by atoms with van der Waals surface area (Å²) >= 11 is 0. The summed E-state index contributed by atoms with van der Waals surface area (Å²) in [7, 11) is 0. The maximum atomic E-state index is 5.50. The van der Waals surface area contributed by atoms with Gasteiger partial charge in [0.25, 0.3) is 0 Å². The third-order valence-electron chi connectivity index (χ3n) is 3.44. The highest BCUT2D eigenvalue weighted by Crippen LogP contribution is 2.17. The van der Waals surface area contributed by atoms with Crippen molar-refractivity contribution in [3.05, 3.63) is 0 Å². The van der Waals surface area contributed by atoms with Gasteiger partial charge in [0.1, 0.15) is 0 Å². The van der Waals surface area contributed by atoms with Crippen LogP contribution in [0.25, 0.3) is 0 Å². The van der Waals surface area contributed by atoms with Crippen molar-refractivity contribution in [2.75, 3.05) is 39.4 Å². The predicted molar refractivity (Wildman–Crippen MR) is 68.8 cm³/mol. The van der Waals surface area contributed by atoms with Crippen molar-refractivity contribution in [1.82, 2.24) is 10.2 Å². The molecule has 0 aromatic heterocycles. The van der Waals surface area contributed by atoms with Gasteiger partial charge in [-0.25, -0.2) is 0 Å². The summed E-state index contributed by atoms with van der Waals surface area (Å²) in [5.74, 6) is 0.714. The molecule has 0 saturated carbocycles. The zero-order valence-corrected chi connectivity index (χ0v) is 11.2. The molecule has 2 unspecified atom stereocenters. The molecular formula is C13H28N2O. The molecule has 0 aromatic carbocycles. The first-order valence-electron chi connectivity index (χ1n) is 6.85. The molecule has 1 N–H and O–H groups in total. The molecule has 0 radical (unpaired) electrons. The van der Waals surface area contributed by atoms with Gasteiger partial charge in [-0.05, 0) is 32.5 Å². The molecule has 0 aromatic rings. The number of nitrogens with one attached hydrogen (secondary N) is 1. The van der Waals surface area contributed by atoms with Crippen LogP contribution in [0, 0.1) is 5.92 Å². The van der Waals surface area contributed by atoms with Gasteiger partial charge in [-0.1, -0.05) is 20.8 Å². The van der Waals surface area contributed by atoms with Gasteiger partial charge in [-0.2, -0.15) is 0 Å². The number of rotatable bonds is 8. The molecule has 0 spiro atoms. The Labute approximate surface area is 101 Å². The SMILES string of the molecule is CCCN(CC)CC(NCC)C1CCOC1. The highest BCUT2D eigenvalue weighted by atomic mass is 16.5. The van der Waals surface area contributed by atoms with E-state index in [1.54, 1.807) is 0 Å². The van der Waals surface area contributed by atoms with E-state index in [1.807, 2.05) is 0 Å². The lowest BCUT2D eigenvalue weighted by molar-refractivity contribution is 0.162. The summed E-state index contributed by atoms with van der Waals surface area (Å²) in [5, 5.41) is 3.63. The Kier molecular flexibility index (Phi) is 7.01. The molecule has 0 aliphatic carbocycles. The summed E-state index contributed by atoms with van der Waals surface area (Å²) in [5.41, 5.74) is 0. The van der Waals surface area contributed by atoms with Gasteiger partial charge in [-0.15, -0.1) is 0 Å². The number of hydrogen-bond acceptors (Lipinski definition) is 3. The Morgan fingerprint density at radius 3 is 2.69 bits per heavy atom. The zero-order valence-electron chi connectivity index (χ0n) is 11.2. The second kappa shape index (κ2) is 8.04. The highest BCUT2D eigenvalue weighted by molar-refractivity contribution is 4.81. The van der Waals surface area contributed by atoms with Gasteiger partial charge in [-0.3, -0.25) is 0 Å². The average Bonchev–Trinajstić information content (AvgIpc) is 2.81. The molecule has 1 saturated heterocycles. The standard InChI is InChI=1S/C13H28N2O/c1-4-8-15(6-3)10-13(14-5-2)12-7-9-16-11-12/h12-14H,4-11H2,1-3H3. The maximum absolute atomic E-state index is 5.50. The Bertz CT molecular complexity index is 169. The Morgan fingerprint density at radius 2 is 2.19 bits per heavy atom. The molecule has 1 aliphatic heterocycles. The van der Waals surface area contributed by atoms with Crippen molar-refractivity contribution >= 4 is 0 Å². The van der Waals surface area contributed by atoms with Crippen LogP contribution in [0.3, 0.4) is 0 Å². The normalized spacial score (nSPS) is 22.9. The van der Waals surface area contributed by atoms with Crippen molar-refractivity contribution in [2.45, 2.75) is 39.7 Å². The van der Waals surface area contributed by atoms with Crippen LogP contribution in [0.4, 0.5) is 0 Å². The molecule has 16 heavy (non-hydrogen) atoms. The summed E-state index contributed by atoms with van der Waals surface area (Å²) < 4.78 is 5.50. The van der Waals surface area contributed by atoms with Crippen LogP contribution in [-0.4, -0.2) is 50.3 Å². The Hall–Kier alpha value is -0.120. The number of hydrogen-bond donors (Lipinski definition) is 1. The van der Waals surface area contributed by atoms with Crippen molar-refractivity contribution in [2.24, 2.45) is 5.92 Å². The summed E-state index contributed by atoms with van der Waals surface area (Å²) in [6.07, 6.45) is 2.47. The zero-order chi connectivity index (χ0) is 11.8. The lowest BCUT2D eigenvalue weighted by Gasteiger charge is -2.30. The van der Waals surface area contributed by atoms with Crippen LogP contribution in [0.5, 0.6) is 0 Å². The molecule has 2 atom stereocenters. The van der Waals surface area contributed by atoms with Crippen LogP contribution in [0.15, 0.2) is 0 Å². The molecule has 1 aliphatic rings. The first kappa shape index (κ1) is 13.9. The first-order valence-corrected chi connectivity index (χ1v) is 6.85. The minimum absolute atomic E-state index is 0.610. The fourth-order valence-electron chi connectivity index (χ4n) is 2.49. The van der Waals surface area contributed by atoms with Gasteiger partial charge in [0.15, 0.2) is 0 Å². The molecule has 96 valence electrons. The van der Waals surface area contributed by atoms with Crippen molar-refractivity contribution in [3.63, 3.8) is 0 Å². The van der Waals surface area contributed by atoms with E-state index in [4.69, 9.17) is 4.74 Å². The molecular weight excluding hydrogens is 200 g/mol.